The van der Waals surface area contributed by atoms with Crippen LogP contribution in [0.15, 0.2) is 47.4 Å². The predicted octanol–water partition coefficient (Wildman–Crippen LogP) is 3.48. The van der Waals surface area contributed by atoms with Gasteiger partial charge in [-0.05, 0) is 54.0 Å². The Morgan fingerprint density at radius 1 is 1.17 bits per heavy atom. The molecule has 0 heterocycles. The minimum Gasteiger partial charge on any atom is -0.211 e. The molecule has 0 bridgehead atoms. The topological polar surface area (TPSA) is 70.0 Å². The zero-order valence-corrected chi connectivity index (χ0v) is 14.4. The predicted molar refractivity (Wildman–Crippen MR) is 93.9 cm³/mol. The van der Waals surface area contributed by atoms with E-state index in [-0.39, 0.29) is 4.90 Å². The molecular weight excluding hydrogens is 320 g/mol. The van der Waals surface area contributed by atoms with Crippen LogP contribution in [-0.2, 0) is 16.4 Å². The molecule has 1 fully saturated rings. The van der Waals surface area contributed by atoms with E-state index in [9.17, 15) is 13.7 Å². The highest BCUT2D eigenvalue weighted by Gasteiger charge is 2.24. The summed E-state index contributed by atoms with van der Waals surface area (Å²) in [7, 11) is -3.56. The lowest BCUT2D eigenvalue weighted by molar-refractivity contribution is 0.577. The first-order valence-electron chi connectivity index (χ1n) is 8.16. The minimum absolute atomic E-state index is 0.147. The number of rotatable bonds is 6. The van der Waals surface area contributed by atoms with E-state index in [1.54, 1.807) is 12.1 Å². The van der Waals surface area contributed by atoms with Crippen LogP contribution >= 0.6 is 0 Å². The summed E-state index contributed by atoms with van der Waals surface area (Å²) in [6, 6.07) is 14.8. The van der Waals surface area contributed by atoms with Crippen LogP contribution in [0.5, 0.6) is 0 Å². The monoisotopic (exact) mass is 340 g/mol. The second kappa shape index (κ2) is 6.76. The second-order valence-electron chi connectivity index (χ2n) is 6.16. The molecule has 5 heteroatoms. The van der Waals surface area contributed by atoms with Crippen LogP contribution in [0.1, 0.15) is 30.9 Å². The summed E-state index contributed by atoms with van der Waals surface area (Å²) in [4.78, 5) is 0.147. The molecule has 1 saturated carbocycles. The van der Waals surface area contributed by atoms with E-state index in [2.05, 4.69) is 17.7 Å². The fourth-order valence-corrected chi connectivity index (χ4v) is 3.73. The lowest BCUT2D eigenvalue weighted by Crippen LogP contribution is -2.25. The van der Waals surface area contributed by atoms with E-state index in [1.165, 1.54) is 11.6 Å². The standard InChI is InChI=1S/C19H20N2O2S/c1-2-14-5-7-16(8-6-14)19-10-9-18(11-17(19)12-20)24(22,23)21-13-15-3-4-15/h5-11,15,21H,2-4,13H2,1H3. The summed E-state index contributed by atoms with van der Waals surface area (Å²) in [6.07, 6.45) is 3.12. The summed E-state index contributed by atoms with van der Waals surface area (Å²) >= 11 is 0. The maximum Gasteiger partial charge on any atom is 0.240 e. The number of nitriles is 1. The molecule has 0 radical (unpaired) electrons. The molecule has 0 unspecified atom stereocenters. The van der Waals surface area contributed by atoms with Crippen LogP contribution < -0.4 is 4.72 Å². The van der Waals surface area contributed by atoms with Crippen LogP contribution in [0.3, 0.4) is 0 Å². The highest BCUT2D eigenvalue weighted by molar-refractivity contribution is 7.89. The van der Waals surface area contributed by atoms with Gasteiger partial charge in [0.2, 0.25) is 10.0 Å². The number of sulfonamides is 1. The van der Waals surface area contributed by atoms with Crippen LogP contribution in [0, 0.1) is 17.2 Å². The normalized spacial score (nSPS) is 14.3. The number of hydrogen-bond donors (Lipinski definition) is 1. The summed E-state index contributed by atoms with van der Waals surface area (Å²) in [5.74, 6) is 0.464. The molecule has 3 rings (SSSR count). The average Bonchev–Trinajstić information content (AvgIpc) is 3.44. The molecule has 0 saturated heterocycles. The lowest BCUT2D eigenvalue weighted by atomic mass is 9.99. The van der Waals surface area contributed by atoms with E-state index in [4.69, 9.17) is 0 Å². The molecule has 124 valence electrons. The Kier molecular flexibility index (Phi) is 4.70. The van der Waals surface area contributed by atoms with Crippen LogP contribution in [0.4, 0.5) is 0 Å². The first-order valence-corrected chi connectivity index (χ1v) is 9.65. The SMILES string of the molecule is CCc1ccc(-c2ccc(S(=O)(=O)NCC3CC3)cc2C#N)cc1. The summed E-state index contributed by atoms with van der Waals surface area (Å²) in [5.41, 5.74) is 3.26. The minimum atomic E-state index is -3.56. The van der Waals surface area contributed by atoms with Crippen LogP contribution in [0.25, 0.3) is 11.1 Å². The van der Waals surface area contributed by atoms with Gasteiger partial charge in [0.15, 0.2) is 0 Å². The molecule has 0 aromatic heterocycles. The summed E-state index contributed by atoms with van der Waals surface area (Å²) in [5, 5.41) is 9.43. The highest BCUT2D eigenvalue weighted by Crippen LogP contribution is 2.29. The molecule has 0 aliphatic heterocycles. The van der Waals surface area contributed by atoms with Crippen molar-refractivity contribution in [1.82, 2.24) is 4.72 Å². The molecular formula is C19H20N2O2S. The van der Waals surface area contributed by atoms with Gasteiger partial charge in [-0.25, -0.2) is 13.1 Å². The molecule has 0 spiro atoms. The van der Waals surface area contributed by atoms with Crippen LogP contribution in [0.2, 0.25) is 0 Å². The van der Waals surface area contributed by atoms with Crippen molar-refractivity contribution < 1.29 is 8.42 Å². The maximum atomic E-state index is 12.3. The molecule has 2 aromatic carbocycles. The van der Waals surface area contributed by atoms with Crippen molar-refractivity contribution in [3.63, 3.8) is 0 Å². The van der Waals surface area contributed by atoms with Gasteiger partial charge in [0, 0.05) is 6.54 Å². The van der Waals surface area contributed by atoms with E-state index >= 15 is 0 Å². The Hall–Kier alpha value is -2.16. The van der Waals surface area contributed by atoms with Crippen molar-refractivity contribution in [3.05, 3.63) is 53.6 Å². The Bertz CT molecular complexity index is 877. The fourth-order valence-electron chi connectivity index (χ4n) is 2.59. The fraction of sp³-hybridized carbons (Fsp3) is 0.316. The zero-order valence-electron chi connectivity index (χ0n) is 13.6. The third-order valence-corrected chi connectivity index (χ3v) is 5.78. The summed E-state index contributed by atoms with van der Waals surface area (Å²) < 4.78 is 27.3. The lowest BCUT2D eigenvalue weighted by Gasteiger charge is -2.10. The van der Waals surface area contributed by atoms with Gasteiger partial charge in [-0.1, -0.05) is 37.3 Å². The van der Waals surface area contributed by atoms with Gasteiger partial charge in [-0.15, -0.1) is 0 Å². The molecule has 1 aliphatic rings. The number of hydrogen-bond acceptors (Lipinski definition) is 3. The van der Waals surface area contributed by atoms with E-state index in [0.29, 0.717) is 18.0 Å². The van der Waals surface area contributed by atoms with Crippen molar-refractivity contribution in [2.24, 2.45) is 5.92 Å². The zero-order chi connectivity index (χ0) is 17.2. The van der Waals surface area contributed by atoms with Gasteiger partial charge in [0.05, 0.1) is 16.5 Å². The molecule has 0 atom stereocenters. The summed E-state index contributed by atoms with van der Waals surface area (Å²) in [6.45, 7) is 2.56. The van der Waals surface area contributed by atoms with Gasteiger partial charge in [0.25, 0.3) is 0 Å². The smallest absolute Gasteiger partial charge is 0.211 e. The Balaban J connectivity index is 1.91. The quantitative estimate of drug-likeness (QED) is 0.875. The van der Waals surface area contributed by atoms with Crippen molar-refractivity contribution in [2.75, 3.05) is 6.54 Å². The van der Waals surface area contributed by atoms with Crippen molar-refractivity contribution >= 4 is 10.0 Å². The van der Waals surface area contributed by atoms with Gasteiger partial charge in [0.1, 0.15) is 0 Å². The number of benzene rings is 2. The molecule has 0 amide bonds. The van der Waals surface area contributed by atoms with Crippen molar-refractivity contribution in [3.8, 4) is 17.2 Å². The van der Waals surface area contributed by atoms with Crippen molar-refractivity contribution in [2.45, 2.75) is 31.1 Å². The number of nitrogens with one attached hydrogen (secondary N) is 1. The van der Waals surface area contributed by atoms with Crippen molar-refractivity contribution in [1.29, 1.82) is 5.26 Å². The molecule has 4 nitrogen and oxygen atoms in total. The van der Waals surface area contributed by atoms with Gasteiger partial charge < -0.3 is 0 Å². The Labute approximate surface area is 143 Å². The van der Waals surface area contributed by atoms with Gasteiger partial charge >= 0.3 is 0 Å². The number of nitrogens with zero attached hydrogens (tertiary/aromatic N) is 1. The Morgan fingerprint density at radius 2 is 1.88 bits per heavy atom. The number of aryl methyl sites for hydroxylation is 1. The molecule has 1 N–H and O–H groups in total. The molecule has 24 heavy (non-hydrogen) atoms. The second-order valence-corrected chi connectivity index (χ2v) is 7.93. The van der Waals surface area contributed by atoms with Gasteiger partial charge in [-0.3, -0.25) is 0 Å². The van der Waals surface area contributed by atoms with E-state index < -0.39 is 10.0 Å². The molecule has 2 aromatic rings. The first kappa shape index (κ1) is 16.7. The van der Waals surface area contributed by atoms with Gasteiger partial charge in [-0.2, -0.15) is 5.26 Å². The van der Waals surface area contributed by atoms with Crippen LogP contribution in [-0.4, -0.2) is 15.0 Å². The Morgan fingerprint density at radius 3 is 2.46 bits per heavy atom. The third kappa shape index (κ3) is 3.66. The highest BCUT2D eigenvalue weighted by atomic mass is 32.2. The first-order chi connectivity index (χ1) is 11.5. The van der Waals surface area contributed by atoms with E-state index in [1.807, 2.05) is 24.3 Å². The average molecular weight is 340 g/mol. The maximum absolute atomic E-state index is 12.3. The molecule has 1 aliphatic carbocycles. The largest absolute Gasteiger partial charge is 0.240 e. The third-order valence-electron chi connectivity index (χ3n) is 4.35. The van der Waals surface area contributed by atoms with E-state index in [0.717, 1.165) is 30.4 Å².